The summed E-state index contributed by atoms with van der Waals surface area (Å²) in [5.74, 6) is 0.859. The summed E-state index contributed by atoms with van der Waals surface area (Å²) in [6, 6.07) is 16.7. The Balaban J connectivity index is 1.89. The molecule has 1 heteroatoms. The van der Waals surface area contributed by atoms with Gasteiger partial charge in [-0.1, -0.05) is 67.8 Å². The van der Waals surface area contributed by atoms with Gasteiger partial charge in [0.25, 0.3) is 0 Å². The van der Waals surface area contributed by atoms with Crippen molar-refractivity contribution in [1.29, 1.82) is 0 Å². The first-order valence-electron chi connectivity index (χ1n) is 7.96. The Hall–Kier alpha value is -1.89. The first-order valence-corrected chi connectivity index (χ1v) is 7.96. The van der Waals surface area contributed by atoms with Crippen LogP contribution in [0.3, 0.4) is 0 Å². The van der Waals surface area contributed by atoms with E-state index in [0.717, 1.165) is 22.6 Å². The number of hydrogen-bond donors (Lipinski definition) is 0. The highest BCUT2D eigenvalue weighted by molar-refractivity contribution is 6.00. The summed E-state index contributed by atoms with van der Waals surface area (Å²) in [6.07, 6.45) is 6.76. The van der Waals surface area contributed by atoms with Gasteiger partial charge in [-0.3, -0.25) is 4.79 Å². The van der Waals surface area contributed by atoms with Gasteiger partial charge in [-0.15, -0.1) is 0 Å². The molecule has 0 heterocycles. The summed E-state index contributed by atoms with van der Waals surface area (Å²) in [5, 5.41) is 0. The molecule has 0 amide bonds. The van der Waals surface area contributed by atoms with Crippen LogP contribution in [-0.4, -0.2) is 5.78 Å². The third-order valence-corrected chi connectivity index (χ3v) is 4.60. The van der Waals surface area contributed by atoms with Gasteiger partial charge in [0.2, 0.25) is 0 Å². The molecule has 1 nitrogen and oxygen atoms in total. The molecule has 0 radical (unpaired) electrons. The fourth-order valence-corrected chi connectivity index (χ4v) is 3.41. The predicted octanol–water partition coefficient (Wildman–Crippen LogP) is 5.60. The molecule has 21 heavy (non-hydrogen) atoms. The van der Waals surface area contributed by atoms with Crippen LogP contribution in [0.15, 0.2) is 48.5 Å². The Labute approximate surface area is 127 Å². The number of carbonyl (C=O) groups excluding carboxylic acids is 1. The number of rotatable bonds is 3. The van der Waals surface area contributed by atoms with E-state index in [1.165, 1.54) is 37.7 Å². The summed E-state index contributed by atoms with van der Waals surface area (Å²) in [4.78, 5) is 11.8. The zero-order valence-corrected chi connectivity index (χ0v) is 12.6. The normalized spacial score (nSPS) is 15.9. The smallest absolute Gasteiger partial charge is 0.160 e. The van der Waals surface area contributed by atoms with E-state index < -0.39 is 0 Å². The second kappa shape index (κ2) is 6.26. The molecular weight excluding hydrogens is 256 g/mol. The Morgan fingerprint density at radius 1 is 0.905 bits per heavy atom. The van der Waals surface area contributed by atoms with E-state index in [1.54, 1.807) is 6.92 Å². The van der Waals surface area contributed by atoms with Crippen LogP contribution < -0.4 is 0 Å². The standard InChI is InChI=1S/C20H22O/c1-15(21)19-9-5-6-10-20(19)18-13-11-17(12-14-18)16-7-3-2-4-8-16/h5-6,9-14,16H,2-4,7-8H2,1H3. The monoisotopic (exact) mass is 278 g/mol. The minimum absolute atomic E-state index is 0.127. The van der Waals surface area contributed by atoms with Crippen LogP contribution in [0.25, 0.3) is 11.1 Å². The van der Waals surface area contributed by atoms with E-state index in [4.69, 9.17) is 0 Å². The molecule has 0 aromatic heterocycles. The highest BCUT2D eigenvalue weighted by atomic mass is 16.1. The molecule has 3 rings (SSSR count). The van der Waals surface area contributed by atoms with Gasteiger partial charge < -0.3 is 0 Å². The number of benzene rings is 2. The molecular formula is C20H22O. The van der Waals surface area contributed by atoms with Gasteiger partial charge in [0.05, 0.1) is 0 Å². The first-order chi connectivity index (χ1) is 10.3. The highest BCUT2D eigenvalue weighted by Crippen LogP contribution is 2.34. The van der Waals surface area contributed by atoms with Gasteiger partial charge in [-0.05, 0) is 42.4 Å². The summed E-state index contributed by atoms with van der Waals surface area (Å²) in [7, 11) is 0. The van der Waals surface area contributed by atoms with Crippen LogP contribution in [0.5, 0.6) is 0 Å². The molecule has 0 N–H and O–H groups in total. The van der Waals surface area contributed by atoms with Crippen molar-refractivity contribution in [2.45, 2.75) is 44.9 Å². The maximum atomic E-state index is 11.8. The fraction of sp³-hybridized carbons (Fsp3) is 0.350. The average Bonchev–Trinajstić information content (AvgIpc) is 2.56. The van der Waals surface area contributed by atoms with Gasteiger partial charge in [0, 0.05) is 5.56 Å². The number of carbonyl (C=O) groups is 1. The van der Waals surface area contributed by atoms with Crippen LogP contribution in [-0.2, 0) is 0 Å². The van der Waals surface area contributed by atoms with Gasteiger partial charge in [0.15, 0.2) is 5.78 Å². The maximum absolute atomic E-state index is 11.8. The number of hydrogen-bond acceptors (Lipinski definition) is 1. The van der Waals surface area contributed by atoms with Crippen molar-refractivity contribution >= 4 is 5.78 Å². The summed E-state index contributed by atoms with van der Waals surface area (Å²) in [5.41, 5.74) is 4.45. The van der Waals surface area contributed by atoms with Crippen molar-refractivity contribution in [3.05, 3.63) is 59.7 Å². The van der Waals surface area contributed by atoms with Gasteiger partial charge in [-0.2, -0.15) is 0 Å². The highest BCUT2D eigenvalue weighted by Gasteiger charge is 2.15. The largest absolute Gasteiger partial charge is 0.294 e. The van der Waals surface area contributed by atoms with Crippen molar-refractivity contribution < 1.29 is 4.79 Å². The lowest BCUT2D eigenvalue weighted by atomic mass is 9.83. The number of Topliss-reactive ketones (excluding diaryl/α,β-unsaturated/α-hetero) is 1. The molecule has 108 valence electrons. The second-order valence-electron chi connectivity index (χ2n) is 6.06. The molecule has 2 aromatic carbocycles. The lowest BCUT2D eigenvalue weighted by molar-refractivity contribution is 0.101. The molecule has 1 fully saturated rings. The van der Waals surface area contributed by atoms with Crippen molar-refractivity contribution in [3.63, 3.8) is 0 Å². The minimum atomic E-state index is 0.127. The van der Waals surface area contributed by atoms with Crippen LogP contribution in [0.2, 0.25) is 0 Å². The Bertz CT molecular complexity index is 619. The molecule has 0 aliphatic heterocycles. The third-order valence-electron chi connectivity index (χ3n) is 4.60. The predicted molar refractivity (Wildman–Crippen MR) is 87.7 cm³/mol. The summed E-state index contributed by atoms with van der Waals surface area (Å²) < 4.78 is 0. The average molecular weight is 278 g/mol. The molecule has 0 spiro atoms. The van der Waals surface area contributed by atoms with Gasteiger partial charge in [0.1, 0.15) is 0 Å². The van der Waals surface area contributed by atoms with E-state index in [-0.39, 0.29) is 5.78 Å². The topological polar surface area (TPSA) is 17.1 Å². The molecule has 1 aliphatic carbocycles. The van der Waals surface area contributed by atoms with Crippen LogP contribution in [0, 0.1) is 0 Å². The molecule has 0 bridgehead atoms. The van der Waals surface area contributed by atoms with E-state index in [0.29, 0.717) is 0 Å². The van der Waals surface area contributed by atoms with E-state index in [9.17, 15) is 4.79 Å². The van der Waals surface area contributed by atoms with Crippen molar-refractivity contribution in [1.82, 2.24) is 0 Å². The van der Waals surface area contributed by atoms with E-state index in [2.05, 4.69) is 24.3 Å². The summed E-state index contributed by atoms with van der Waals surface area (Å²) >= 11 is 0. The number of ketones is 1. The first kappa shape index (κ1) is 14.1. The van der Waals surface area contributed by atoms with Gasteiger partial charge in [-0.25, -0.2) is 0 Å². The van der Waals surface area contributed by atoms with Gasteiger partial charge >= 0.3 is 0 Å². The maximum Gasteiger partial charge on any atom is 0.160 e. The second-order valence-corrected chi connectivity index (χ2v) is 6.06. The molecule has 0 saturated heterocycles. The Morgan fingerprint density at radius 3 is 2.24 bits per heavy atom. The SMILES string of the molecule is CC(=O)c1ccccc1-c1ccc(C2CCCCC2)cc1. The molecule has 1 aliphatic rings. The fourth-order valence-electron chi connectivity index (χ4n) is 3.41. The minimum Gasteiger partial charge on any atom is -0.294 e. The molecule has 0 atom stereocenters. The van der Waals surface area contributed by atoms with Crippen molar-refractivity contribution in [2.24, 2.45) is 0 Å². The molecule has 1 saturated carbocycles. The lowest BCUT2D eigenvalue weighted by Gasteiger charge is -2.22. The lowest BCUT2D eigenvalue weighted by Crippen LogP contribution is -2.04. The van der Waals surface area contributed by atoms with E-state index in [1.807, 2.05) is 24.3 Å². The van der Waals surface area contributed by atoms with Crippen LogP contribution >= 0.6 is 0 Å². The zero-order valence-electron chi connectivity index (χ0n) is 12.6. The molecule has 2 aromatic rings. The van der Waals surface area contributed by atoms with Crippen LogP contribution in [0.1, 0.15) is 60.9 Å². The van der Waals surface area contributed by atoms with Crippen molar-refractivity contribution in [2.75, 3.05) is 0 Å². The van der Waals surface area contributed by atoms with Crippen LogP contribution in [0.4, 0.5) is 0 Å². The summed E-state index contributed by atoms with van der Waals surface area (Å²) in [6.45, 7) is 1.63. The Kier molecular flexibility index (Phi) is 4.19. The molecule has 0 unspecified atom stereocenters. The quantitative estimate of drug-likeness (QED) is 0.667. The van der Waals surface area contributed by atoms with Crippen molar-refractivity contribution in [3.8, 4) is 11.1 Å². The third kappa shape index (κ3) is 3.07. The Morgan fingerprint density at radius 2 is 1.57 bits per heavy atom. The zero-order chi connectivity index (χ0) is 14.7. The van der Waals surface area contributed by atoms with E-state index >= 15 is 0 Å².